The Morgan fingerprint density at radius 2 is 2.03 bits per heavy atom. The Morgan fingerprint density at radius 1 is 1.23 bits per heavy atom. The fraction of sp³-hybridized carbons (Fsp3) is 0.208. The Balaban J connectivity index is 1.55. The first kappa shape index (κ1) is 23.4. The van der Waals surface area contributed by atoms with Gasteiger partial charge in [-0.3, -0.25) is 5.43 Å². The van der Waals surface area contributed by atoms with E-state index in [0.29, 0.717) is 36.0 Å². The number of unbranched alkanes of at least 4 members (excludes halogenated alkanes) is 1. The molecule has 3 heterocycles. The molecule has 35 heavy (non-hydrogen) atoms. The first-order valence-electron chi connectivity index (χ1n) is 11.1. The van der Waals surface area contributed by atoms with Crippen LogP contribution in [0, 0.1) is 0 Å². The van der Waals surface area contributed by atoms with Crippen LogP contribution in [0.25, 0.3) is 22.3 Å². The van der Waals surface area contributed by atoms with Crippen molar-refractivity contribution in [2.24, 2.45) is 5.10 Å². The number of aromatic nitrogens is 2. The highest BCUT2D eigenvalue weighted by Gasteiger charge is 2.23. The van der Waals surface area contributed by atoms with E-state index >= 15 is 0 Å². The van der Waals surface area contributed by atoms with Crippen molar-refractivity contribution < 1.29 is 14.3 Å². The SMILES string of the molecule is CCCCc1nc(Cl)c(C(=O)O)n1Cc1ccc2oc(-c3ccccc3C3=NNNN3)c(Br)c2c1. The van der Waals surface area contributed by atoms with E-state index < -0.39 is 5.97 Å². The molecule has 0 aliphatic carbocycles. The molecule has 0 amide bonds. The summed E-state index contributed by atoms with van der Waals surface area (Å²) >= 11 is 9.91. The molecule has 0 radical (unpaired) electrons. The van der Waals surface area contributed by atoms with Crippen molar-refractivity contribution >= 4 is 50.3 Å². The highest BCUT2D eigenvalue weighted by molar-refractivity contribution is 9.10. The van der Waals surface area contributed by atoms with Crippen molar-refractivity contribution in [1.29, 1.82) is 0 Å². The molecule has 1 aliphatic heterocycles. The number of benzene rings is 2. The predicted molar refractivity (Wildman–Crippen MR) is 137 cm³/mol. The predicted octanol–water partition coefficient (Wildman–Crippen LogP) is 5.08. The zero-order valence-electron chi connectivity index (χ0n) is 18.7. The molecule has 4 aromatic rings. The van der Waals surface area contributed by atoms with Gasteiger partial charge in [0.05, 0.1) is 4.47 Å². The Morgan fingerprint density at radius 3 is 2.74 bits per heavy atom. The van der Waals surface area contributed by atoms with Gasteiger partial charge < -0.3 is 14.1 Å². The Kier molecular flexibility index (Phi) is 6.50. The third-order valence-corrected chi connectivity index (χ3v) is 6.88. The van der Waals surface area contributed by atoms with Crippen LogP contribution >= 0.6 is 27.5 Å². The Labute approximate surface area is 214 Å². The van der Waals surface area contributed by atoms with E-state index in [1.807, 2.05) is 42.5 Å². The molecule has 9 nitrogen and oxygen atoms in total. The van der Waals surface area contributed by atoms with Crippen molar-refractivity contribution in [2.75, 3.05) is 0 Å². The van der Waals surface area contributed by atoms with Gasteiger partial charge in [-0.25, -0.2) is 15.3 Å². The fourth-order valence-corrected chi connectivity index (χ4v) is 5.03. The normalized spacial score (nSPS) is 13.1. The number of furan rings is 1. The maximum absolute atomic E-state index is 11.9. The van der Waals surface area contributed by atoms with Crippen LogP contribution in [-0.2, 0) is 13.0 Å². The quantitative estimate of drug-likeness (QED) is 0.239. The molecule has 0 saturated heterocycles. The third kappa shape index (κ3) is 4.40. The van der Waals surface area contributed by atoms with Crippen molar-refractivity contribution in [1.82, 2.24) is 26.0 Å². The zero-order valence-corrected chi connectivity index (χ0v) is 21.1. The lowest BCUT2D eigenvalue weighted by Crippen LogP contribution is -2.35. The van der Waals surface area contributed by atoms with Crippen LogP contribution in [0.5, 0.6) is 0 Å². The summed E-state index contributed by atoms with van der Waals surface area (Å²) in [7, 11) is 0. The average Bonchev–Trinajstić information content (AvgIpc) is 3.56. The minimum Gasteiger partial charge on any atom is -0.476 e. The number of rotatable bonds is 8. The summed E-state index contributed by atoms with van der Waals surface area (Å²) in [6.07, 6.45) is 2.52. The van der Waals surface area contributed by atoms with Crippen molar-refractivity contribution in [3.05, 3.63) is 74.7 Å². The highest BCUT2D eigenvalue weighted by Crippen LogP contribution is 2.39. The molecule has 0 fully saturated rings. The van der Waals surface area contributed by atoms with Crippen LogP contribution in [0.3, 0.4) is 0 Å². The van der Waals surface area contributed by atoms with Gasteiger partial charge in [-0.15, -0.1) is 10.6 Å². The molecule has 4 N–H and O–H groups in total. The number of aryl methyl sites for hydroxylation is 1. The summed E-state index contributed by atoms with van der Waals surface area (Å²) in [6, 6.07) is 13.6. The number of amidine groups is 1. The van der Waals surface area contributed by atoms with E-state index in [0.717, 1.165) is 39.4 Å². The van der Waals surface area contributed by atoms with Crippen LogP contribution in [0.15, 0.2) is 56.5 Å². The van der Waals surface area contributed by atoms with Crippen LogP contribution in [-0.4, -0.2) is 26.5 Å². The number of hydrogen-bond acceptors (Lipinski definition) is 7. The molecule has 0 saturated carbocycles. The van der Waals surface area contributed by atoms with Gasteiger partial charge in [0.15, 0.2) is 16.7 Å². The van der Waals surface area contributed by atoms with Gasteiger partial charge >= 0.3 is 5.97 Å². The lowest BCUT2D eigenvalue weighted by molar-refractivity contribution is 0.0685. The number of aromatic carboxylic acids is 1. The number of halogens is 2. The topological polar surface area (TPSA) is 117 Å². The number of nitrogens with one attached hydrogen (secondary N) is 3. The van der Waals surface area contributed by atoms with E-state index in [1.54, 1.807) is 4.57 Å². The van der Waals surface area contributed by atoms with Crippen LogP contribution in [0.1, 0.15) is 47.2 Å². The van der Waals surface area contributed by atoms with Gasteiger partial charge in [-0.1, -0.05) is 55.3 Å². The molecule has 2 aromatic carbocycles. The molecule has 11 heteroatoms. The summed E-state index contributed by atoms with van der Waals surface area (Å²) in [4.78, 5) is 16.2. The summed E-state index contributed by atoms with van der Waals surface area (Å²) in [5.74, 6) is 0.889. The van der Waals surface area contributed by atoms with Gasteiger partial charge in [0.2, 0.25) is 0 Å². The summed E-state index contributed by atoms with van der Waals surface area (Å²) in [5, 5.41) is 14.8. The largest absolute Gasteiger partial charge is 0.476 e. The molecule has 0 bridgehead atoms. The monoisotopic (exact) mass is 556 g/mol. The Bertz CT molecular complexity index is 1460. The zero-order chi connectivity index (χ0) is 24.5. The summed E-state index contributed by atoms with van der Waals surface area (Å²) in [6.45, 7) is 2.41. The van der Waals surface area contributed by atoms with E-state index in [2.05, 4.69) is 49.4 Å². The Hall–Kier alpha value is -3.34. The second kappa shape index (κ2) is 9.73. The third-order valence-electron chi connectivity index (χ3n) is 5.82. The first-order chi connectivity index (χ1) is 17.0. The van der Waals surface area contributed by atoms with E-state index in [9.17, 15) is 9.90 Å². The van der Waals surface area contributed by atoms with E-state index in [1.165, 1.54) is 0 Å². The van der Waals surface area contributed by atoms with Gasteiger partial charge in [0, 0.05) is 29.5 Å². The van der Waals surface area contributed by atoms with E-state index in [4.69, 9.17) is 16.0 Å². The maximum Gasteiger partial charge on any atom is 0.355 e. The van der Waals surface area contributed by atoms with Crippen molar-refractivity contribution in [2.45, 2.75) is 32.7 Å². The smallest absolute Gasteiger partial charge is 0.355 e. The molecular formula is C24H22BrClN6O3. The van der Waals surface area contributed by atoms with Gasteiger partial charge in [-0.2, -0.15) is 0 Å². The summed E-state index contributed by atoms with van der Waals surface area (Å²) in [5.41, 5.74) is 11.7. The molecule has 2 aromatic heterocycles. The molecule has 0 spiro atoms. The van der Waals surface area contributed by atoms with Crippen LogP contribution < -0.4 is 16.5 Å². The standard InChI is InChI=1S/C24H22BrClN6O3/c1-2-3-8-18-27-22(26)20(24(33)34)32(18)12-13-9-10-17-16(11-13)19(25)21(35-17)14-6-4-5-7-15(14)23-28-30-31-29-23/h4-7,9-11,30-31H,2-3,8,12H2,1H3,(H,28,29)(H,33,34). The number of hydrazone groups is 1. The number of hydrazine groups is 2. The van der Waals surface area contributed by atoms with Crippen molar-refractivity contribution in [3.8, 4) is 11.3 Å². The second-order valence-electron chi connectivity index (χ2n) is 8.11. The summed E-state index contributed by atoms with van der Waals surface area (Å²) < 4.78 is 8.72. The molecule has 0 unspecified atom stereocenters. The maximum atomic E-state index is 11.9. The molecule has 5 rings (SSSR count). The van der Waals surface area contributed by atoms with Gasteiger partial charge in [-0.05, 0) is 40.0 Å². The lowest BCUT2D eigenvalue weighted by atomic mass is 10.0. The number of hydrogen-bond donors (Lipinski definition) is 4. The lowest BCUT2D eigenvalue weighted by Gasteiger charge is -2.10. The number of fused-ring (bicyclic) bond motifs is 1. The fourth-order valence-electron chi connectivity index (χ4n) is 4.15. The van der Waals surface area contributed by atoms with E-state index in [-0.39, 0.29) is 10.8 Å². The average molecular weight is 558 g/mol. The molecule has 180 valence electrons. The van der Waals surface area contributed by atoms with Crippen LogP contribution in [0.2, 0.25) is 5.15 Å². The van der Waals surface area contributed by atoms with Gasteiger partial charge in [0.1, 0.15) is 17.2 Å². The second-order valence-corrected chi connectivity index (χ2v) is 9.26. The number of carbonyl (C=O) groups is 1. The minimum absolute atomic E-state index is 0.00537. The van der Waals surface area contributed by atoms with Gasteiger partial charge in [0.25, 0.3) is 0 Å². The number of carboxylic acid groups (broad SMARTS) is 1. The van der Waals surface area contributed by atoms with Crippen molar-refractivity contribution in [3.63, 3.8) is 0 Å². The number of carboxylic acids is 1. The highest BCUT2D eigenvalue weighted by atomic mass is 79.9. The number of imidazole rings is 1. The minimum atomic E-state index is -1.10. The molecular weight excluding hydrogens is 536 g/mol. The number of nitrogens with zero attached hydrogens (tertiary/aromatic N) is 3. The molecule has 0 atom stereocenters. The first-order valence-corrected chi connectivity index (χ1v) is 12.3. The van der Waals surface area contributed by atoms with Crippen LogP contribution in [0.4, 0.5) is 0 Å². The molecule has 1 aliphatic rings.